The van der Waals surface area contributed by atoms with Gasteiger partial charge in [-0.25, -0.2) is 0 Å². The molecule has 96 valence electrons. The monoisotopic (exact) mass is 255 g/mol. The molecular formula is C14H13N3O2. The Balaban J connectivity index is 2.16. The lowest BCUT2D eigenvalue weighted by molar-refractivity contribution is -0.664. The van der Waals surface area contributed by atoms with Gasteiger partial charge in [-0.1, -0.05) is 6.07 Å². The van der Waals surface area contributed by atoms with Crippen LogP contribution in [0.15, 0.2) is 42.5 Å². The Morgan fingerprint density at radius 2 is 1.89 bits per heavy atom. The van der Waals surface area contributed by atoms with Gasteiger partial charge in [-0.05, 0) is 53.7 Å². The number of nitrogens with zero attached hydrogens (tertiary/aromatic N) is 3. The molecule has 5 heteroatoms. The zero-order chi connectivity index (χ0) is 13.4. The van der Waals surface area contributed by atoms with Gasteiger partial charge in [0, 0.05) is 0 Å². The molecular weight excluding hydrogens is 242 g/mol. The van der Waals surface area contributed by atoms with Gasteiger partial charge in [-0.15, -0.1) is 4.85 Å². The molecule has 0 aliphatic heterocycles. The van der Waals surface area contributed by atoms with Gasteiger partial charge in [-0.3, -0.25) is 0 Å². The molecule has 0 aliphatic rings. The molecule has 0 saturated heterocycles. The predicted octanol–water partition coefficient (Wildman–Crippen LogP) is 1.98. The summed E-state index contributed by atoms with van der Waals surface area (Å²) in [5.41, 5.74) is 2.98. The third kappa shape index (κ3) is 1.89. The Hall–Kier alpha value is -2.56. The van der Waals surface area contributed by atoms with Gasteiger partial charge >= 0.3 is 0 Å². The molecule has 0 unspecified atom stereocenters. The van der Waals surface area contributed by atoms with Crippen molar-refractivity contribution in [1.82, 2.24) is 9.90 Å². The quantitative estimate of drug-likeness (QED) is 0.519. The summed E-state index contributed by atoms with van der Waals surface area (Å²) in [6, 6.07) is 12.8. The van der Waals surface area contributed by atoms with Crippen LogP contribution in [0.1, 0.15) is 5.56 Å². The molecule has 0 saturated carbocycles. The standard InChI is InChI=1S/C14H13N3O2/c1-10-3-8-13-14(9-10)17(18)16(15-13)11-4-6-12(19-2)7-5-11/h3-9H,1-2H3. The molecule has 0 aliphatic carbocycles. The summed E-state index contributed by atoms with van der Waals surface area (Å²) in [6.45, 7) is 1.95. The maximum atomic E-state index is 12.2. The number of ether oxygens (including phenoxy) is 1. The van der Waals surface area contributed by atoms with E-state index in [9.17, 15) is 5.21 Å². The minimum absolute atomic E-state index is 0.566. The van der Waals surface area contributed by atoms with Crippen LogP contribution in [0.25, 0.3) is 16.7 Å². The summed E-state index contributed by atoms with van der Waals surface area (Å²) in [4.78, 5) is 2.13. The number of rotatable bonds is 2. The van der Waals surface area contributed by atoms with Gasteiger partial charge in [0.15, 0.2) is 0 Å². The number of hydrogen-bond acceptors (Lipinski definition) is 3. The van der Waals surface area contributed by atoms with Gasteiger partial charge in [0.25, 0.3) is 0 Å². The molecule has 3 aromatic rings. The Morgan fingerprint density at radius 3 is 2.58 bits per heavy atom. The molecule has 0 atom stereocenters. The Bertz CT molecular complexity index is 732. The van der Waals surface area contributed by atoms with E-state index in [0.29, 0.717) is 16.7 Å². The van der Waals surface area contributed by atoms with E-state index >= 15 is 0 Å². The maximum Gasteiger partial charge on any atom is 0.250 e. The van der Waals surface area contributed by atoms with Gasteiger partial charge in [0.2, 0.25) is 11.0 Å². The number of benzene rings is 2. The van der Waals surface area contributed by atoms with Crippen molar-refractivity contribution < 1.29 is 9.58 Å². The molecule has 0 spiro atoms. The van der Waals surface area contributed by atoms with Gasteiger partial charge in [-0.2, -0.15) is 0 Å². The van der Waals surface area contributed by atoms with Crippen molar-refractivity contribution >= 4 is 11.0 Å². The second-order valence-corrected chi connectivity index (χ2v) is 4.35. The Labute approximate surface area is 110 Å². The predicted molar refractivity (Wildman–Crippen MR) is 71.3 cm³/mol. The maximum absolute atomic E-state index is 12.2. The number of aromatic nitrogens is 3. The highest BCUT2D eigenvalue weighted by Gasteiger charge is 2.15. The fourth-order valence-corrected chi connectivity index (χ4v) is 1.99. The first-order chi connectivity index (χ1) is 9.19. The van der Waals surface area contributed by atoms with Crippen molar-refractivity contribution in [2.45, 2.75) is 6.92 Å². The van der Waals surface area contributed by atoms with Gasteiger partial charge < -0.3 is 9.94 Å². The molecule has 1 heterocycles. The zero-order valence-corrected chi connectivity index (χ0v) is 10.7. The lowest BCUT2D eigenvalue weighted by Crippen LogP contribution is -2.37. The lowest BCUT2D eigenvalue weighted by Gasteiger charge is -2.04. The van der Waals surface area contributed by atoms with Crippen molar-refractivity contribution in [3.05, 3.63) is 53.2 Å². The Kier molecular flexibility index (Phi) is 2.59. The molecule has 3 rings (SSSR count). The molecule has 0 radical (unpaired) electrons. The van der Waals surface area contributed by atoms with Crippen molar-refractivity contribution in [2.75, 3.05) is 7.11 Å². The average molecular weight is 255 g/mol. The van der Waals surface area contributed by atoms with Gasteiger partial charge in [0.1, 0.15) is 11.4 Å². The second-order valence-electron chi connectivity index (χ2n) is 4.35. The summed E-state index contributed by atoms with van der Waals surface area (Å²) < 4.78 is 5.10. The van der Waals surface area contributed by atoms with Crippen LogP contribution in [0.3, 0.4) is 0 Å². The van der Waals surface area contributed by atoms with Crippen molar-refractivity contribution in [2.24, 2.45) is 0 Å². The van der Waals surface area contributed by atoms with Crippen LogP contribution in [-0.4, -0.2) is 17.0 Å². The largest absolute Gasteiger partial charge is 0.692 e. The second kappa shape index (κ2) is 4.28. The minimum atomic E-state index is 0.566. The van der Waals surface area contributed by atoms with Crippen LogP contribution in [0.2, 0.25) is 0 Å². The molecule has 0 N–H and O–H groups in total. The first kappa shape index (κ1) is 11.5. The fourth-order valence-electron chi connectivity index (χ4n) is 1.99. The number of fused-ring (bicyclic) bond motifs is 1. The van der Waals surface area contributed by atoms with E-state index in [2.05, 4.69) is 5.10 Å². The van der Waals surface area contributed by atoms with E-state index in [1.54, 1.807) is 31.4 Å². The first-order valence-electron chi connectivity index (χ1n) is 5.93. The third-order valence-electron chi connectivity index (χ3n) is 3.01. The molecule has 0 amide bonds. The smallest absolute Gasteiger partial charge is 0.250 e. The van der Waals surface area contributed by atoms with E-state index in [1.165, 1.54) is 4.80 Å². The third-order valence-corrected chi connectivity index (χ3v) is 3.01. The van der Waals surface area contributed by atoms with Crippen LogP contribution in [0.4, 0.5) is 0 Å². The highest BCUT2D eigenvalue weighted by molar-refractivity contribution is 5.71. The number of methoxy groups -OCH3 is 1. The lowest BCUT2D eigenvalue weighted by atomic mass is 10.2. The zero-order valence-electron chi connectivity index (χ0n) is 10.7. The van der Waals surface area contributed by atoms with Crippen LogP contribution in [0.5, 0.6) is 5.75 Å². The SMILES string of the molecule is COc1ccc(-n2nc3ccc(C)cc3[n+]2[O-])cc1. The van der Waals surface area contributed by atoms with E-state index in [1.807, 2.05) is 25.1 Å². The Morgan fingerprint density at radius 1 is 1.16 bits per heavy atom. The highest BCUT2D eigenvalue weighted by Crippen LogP contribution is 2.15. The van der Waals surface area contributed by atoms with Crippen molar-refractivity contribution in [1.29, 1.82) is 0 Å². The van der Waals surface area contributed by atoms with Gasteiger partial charge in [0.05, 0.1) is 12.2 Å². The van der Waals surface area contributed by atoms with Crippen LogP contribution < -0.4 is 9.58 Å². The summed E-state index contributed by atoms with van der Waals surface area (Å²) in [5.74, 6) is 0.744. The van der Waals surface area contributed by atoms with E-state index in [-0.39, 0.29) is 0 Å². The minimum Gasteiger partial charge on any atom is -0.692 e. The molecule has 0 bridgehead atoms. The number of hydrogen-bond donors (Lipinski definition) is 0. The van der Waals surface area contributed by atoms with Crippen molar-refractivity contribution in [3.8, 4) is 11.4 Å². The van der Waals surface area contributed by atoms with E-state index < -0.39 is 0 Å². The summed E-state index contributed by atoms with van der Waals surface area (Å²) in [7, 11) is 1.60. The summed E-state index contributed by atoms with van der Waals surface area (Å²) >= 11 is 0. The normalized spacial score (nSPS) is 10.8. The topological polar surface area (TPSA) is 54.0 Å². The molecule has 2 aromatic carbocycles. The summed E-state index contributed by atoms with van der Waals surface area (Å²) in [6.07, 6.45) is 0. The average Bonchev–Trinajstić information content (AvgIpc) is 2.76. The molecule has 1 aromatic heterocycles. The molecule has 5 nitrogen and oxygen atoms in total. The first-order valence-corrected chi connectivity index (χ1v) is 5.93. The molecule has 19 heavy (non-hydrogen) atoms. The van der Waals surface area contributed by atoms with E-state index in [0.717, 1.165) is 16.2 Å². The molecule has 0 fully saturated rings. The van der Waals surface area contributed by atoms with E-state index in [4.69, 9.17) is 4.74 Å². The highest BCUT2D eigenvalue weighted by atomic mass is 16.5. The fraction of sp³-hybridized carbons (Fsp3) is 0.143. The van der Waals surface area contributed by atoms with Crippen LogP contribution >= 0.6 is 0 Å². The van der Waals surface area contributed by atoms with Crippen molar-refractivity contribution in [3.63, 3.8) is 0 Å². The summed E-state index contributed by atoms with van der Waals surface area (Å²) in [5, 5.41) is 16.5. The van der Waals surface area contributed by atoms with Crippen LogP contribution in [-0.2, 0) is 0 Å². The number of aryl methyl sites for hydroxylation is 1. The van der Waals surface area contributed by atoms with Crippen LogP contribution in [0, 0.1) is 12.1 Å².